The van der Waals surface area contributed by atoms with Crippen LogP contribution in [-0.4, -0.2) is 18.4 Å². The topological polar surface area (TPSA) is 54.4 Å². The van der Waals surface area contributed by atoms with Gasteiger partial charge in [0.2, 0.25) is 0 Å². The van der Waals surface area contributed by atoms with E-state index in [9.17, 15) is 0 Å². The Morgan fingerprint density at radius 3 is 1.33 bits per heavy atom. The van der Waals surface area contributed by atoms with Crippen LogP contribution in [0.3, 0.4) is 0 Å². The van der Waals surface area contributed by atoms with E-state index in [1.165, 1.54) is 0 Å². The van der Waals surface area contributed by atoms with Crippen LogP contribution in [-0.2, 0) is 31.3 Å². The molecule has 0 amide bonds. The molecule has 0 aromatic heterocycles. The van der Waals surface area contributed by atoms with Gasteiger partial charge >= 0.3 is 6.15 Å². The summed E-state index contributed by atoms with van der Waals surface area (Å²) >= 11 is 0. The molecule has 0 aromatic carbocycles. The molecule has 0 aliphatic carbocycles. The molecule has 0 saturated carbocycles. The van der Waals surface area contributed by atoms with Crippen LogP contribution in [0.25, 0.3) is 0 Å². The minimum absolute atomic E-state index is 0. The summed E-state index contributed by atoms with van der Waals surface area (Å²) in [5.74, 6) is 0. The SMILES string of the molecule is CO.O=C=O.[Ti]. The van der Waals surface area contributed by atoms with Gasteiger partial charge in [-0.2, -0.15) is 9.59 Å². The molecular formula is C2H4O3Ti. The van der Waals surface area contributed by atoms with Crippen LogP contribution < -0.4 is 0 Å². The molecule has 0 aliphatic rings. The quantitative estimate of drug-likeness (QED) is 0.422. The average Bonchev–Trinajstić information content (AvgIpc) is 1.46. The van der Waals surface area contributed by atoms with Gasteiger partial charge < -0.3 is 5.11 Å². The van der Waals surface area contributed by atoms with Crippen molar-refractivity contribution in [3.63, 3.8) is 0 Å². The summed E-state index contributed by atoms with van der Waals surface area (Å²) in [7, 11) is 1.00. The molecule has 34 valence electrons. The van der Waals surface area contributed by atoms with Gasteiger partial charge in [0.05, 0.1) is 0 Å². The first kappa shape index (κ1) is 16.6. The van der Waals surface area contributed by atoms with Gasteiger partial charge in [-0.3, -0.25) is 0 Å². The molecule has 0 bridgehead atoms. The summed E-state index contributed by atoms with van der Waals surface area (Å²) in [6.07, 6.45) is 0.250. The number of carbonyl (C=O) groups excluding carboxylic acids is 2. The monoisotopic (exact) mass is 124 g/mol. The summed E-state index contributed by atoms with van der Waals surface area (Å²) < 4.78 is 0. The summed E-state index contributed by atoms with van der Waals surface area (Å²) in [5.41, 5.74) is 0. The maximum atomic E-state index is 8.12. The summed E-state index contributed by atoms with van der Waals surface area (Å²) in [6, 6.07) is 0. The normalized spacial score (nSPS) is 2.33. The summed E-state index contributed by atoms with van der Waals surface area (Å²) in [5, 5.41) is 7.00. The zero-order valence-electron chi connectivity index (χ0n) is 3.26. The Bertz CT molecular complexity index is 29.8. The Balaban J connectivity index is -0.0000000275. The van der Waals surface area contributed by atoms with Crippen molar-refractivity contribution >= 4 is 6.15 Å². The van der Waals surface area contributed by atoms with Crippen LogP contribution in [0, 0.1) is 0 Å². The van der Waals surface area contributed by atoms with Crippen LogP contribution in [0.15, 0.2) is 0 Å². The average molecular weight is 124 g/mol. The summed E-state index contributed by atoms with van der Waals surface area (Å²) in [6.45, 7) is 0. The molecule has 0 atom stereocenters. The van der Waals surface area contributed by atoms with Crippen molar-refractivity contribution in [1.29, 1.82) is 0 Å². The van der Waals surface area contributed by atoms with Crippen LogP contribution in [0.4, 0.5) is 0 Å². The molecule has 0 aliphatic heterocycles. The van der Waals surface area contributed by atoms with Crippen LogP contribution in [0.5, 0.6) is 0 Å². The molecule has 0 heterocycles. The smallest absolute Gasteiger partial charge is 0.373 e. The number of hydrogen-bond donors (Lipinski definition) is 1. The maximum absolute atomic E-state index is 8.12. The fourth-order valence-corrected chi connectivity index (χ4v) is 0. The minimum Gasteiger partial charge on any atom is -0.400 e. The van der Waals surface area contributed by atoms with E-state index in [0.29, 0.717) is 0 Å². The van der Waals surface area contributed by atoms with Crippen LogP contribution in [0.2, 0.25) is 0 Å². The Hall–Kier alpha value is 0.0543. The zero-order valence-corrected chi connectivity index (χ0v) is 4.83. The zero-order chi connectivity index (χ0) is 4.71. The molecule has 0 unspecified atom stereocenters. The fourth-order valence-electron chi connectivity index (χ4n) is 0. The fraction of sp³-hybridized carbons (Fsp3) is 0.500. The van der Waals surface area contributed by atoms with Crippen molar-refractivity contribution in [2.75, 3.05) is 7.11 Å². The number of hydrogen-bond acceptors (Lipinski definition) is 3. The van der Waals surface area contributed by atoms with E-state index >= 15 is 0 Å². The van der Waals surface area contributed by atoms with Crippen molar-refractivity contribution in [3.05, 3.63) is 0 Å². The second-order valence-corrected chi connectivity index (χ2v) is 0.0833. The van der Waals surface area contributed by atoms with Crippen molar-refractivity contribution < 1.29 is 36.4 Å². The molecule has 0 saturated heterocycles. The van der Waals surface area contributed by atoms with Crippen LogP contribution >= 0.6 is 0 Å². The van der Waals surface area contributed by atoms with Gasteiger partial charge in [-0.05, 0) is 0 Å². The van der Waals surface area contributed by atoms with E-state index in [-0.39, 0.29) is 27.9 Å². The Morgan fingerprint density at radius 2 is 1.33 bits per heavy atom. The van der Waals surface area contributed by atoms with Gasteiger partial charge in [0.1, 0.15) is 0 Å². The Labute approximate surface area is 50.2 Å². The van der Waals surface area contributed by atoms with Gasteiger partial charge in [0.15, 0.2) is 0 Å². The van der Waals surface area contributed by atoms with E-state index < -0.39 is 0 Å². The second kappa shape index (κ2) is 74.7. The summed E-state index contributed by atoms with van der Waals surface area (Å²) in [4.78, 5) is 16.2. The molecule has 1 N–H and O–H groups in total. The molecule has 3 nitrogen and oxygen atoms in total. The molecule has 0 aromatic rings. The molecular weight excluding hydrogens is 120 g/mol. The molecule has 0 fully saturated rings. The van der Waals surface area contributed by atoms with E-state index in [4.69, 9.17) is 14.7 Å². The van der Waals surface area contributed by atoms with E-state index in [1.807, 2.05) is 0 Å². The number of aliphatic hydroxyl groups excluding tert-OH is 1. The Kier molecular flexibility index (Phi) is 207. The third-order valence-corrected chi connectivity index (χ3v) is 0. The van der Waals surface area contributed by atoms with E-state index in [1.54, 1.807) is 0 Å². The van der Waals surface area contributed by atoms with E-state index in [0.717, 1.165) is 7.11 Å². The molecule has 6 heavy (non-hydrogen) atoms. The standard InChI is InChI=1S/CO2.CH4O.Ti/c2-1-3;1-2;/h;2H,1H3;. The minimum atomic E-state index is 0. The Morgan fingerprint density at radius 1 is 1.33 bits per heavy atom. The third kappa shape index (κ3) is 12800. The van der Waals surface area contributed by atoms with Crippen LogP contribution in [0.1, 0.15) is 0 Å². The van der Waals surface area contributed by atoms with Crippen molar-refractivity contribution in [2.24, 2.45) is 0 Å². The first-order chi connectivity index (χ1) is 2.41. The molecule has 4 heteroatoms. The third-order valence-electron chi connectivity index (χ3n) is 0. The van der Waals surface area contributed by atoms with E-state index in [2.05, 4.69) is 0 Å². The van der Waals surface area contributed by atoms with Gasteiger partial charge in [-0.25, -0.2) is 0 Å². The molecule has 0 radical (unpaired) electrons. The first-order valence-electron chi connectivity index (χ1n) is 0.855. The van der Waals surface area contributed by atoms with Crippen molar-refractivity contribution in [1.82, 2.24) is 0 Å². The van der Waals surface area contributed by atoms with Gasteiger partial charge in [0.25, 0.3) is 0 Å². The largest absolute Gasteiger partial charge is 0.400 e. The predicted octanol–water partition coefficient (Wildman–Crippen LogP) is -0.978. The molecule has 0 spiro atoms. The molecule has 0 rings (SSSR count). The predicted molar refractivity (Wildman–Crippen MR) is 13.1 cm³/mol. The number of rotatable bonds is 0. The number of aliphatic hydroxyl groups is 1. The van der Waals surface area contributed by atoms with Gasteiger partial charge in [0, 0.05) is 28.8 Å². The second-order valence-electron chi connectivity index (χ2n) is 0.0833. The maximum Gasteiger partial charge on any atom is 0.373 e. The van der Waals surface area contributed by atoms with Gasteiger partial charge in [-0.1, -0.05) is 0 Å². The van der Waals surface area contributed by atoms with Crippen molar-refractivity contribution in [2.45, 2.75) is 0 Å². The van der Waals surface area contributed by atoms with Crippen molar-refractivity contribution in [3.8, 4) is 0 Å². The first-order valence-corrected chi connectivity index (χ1v) is 0.855. The van der Waals surface area contributed by atoms with Gasteiger partial charge in [-0.15, -0.1) is 0 Å².